The molecule has 6 nitrogen and oxygen atoms in total. The predicted octanol–water partition coefficient (Wildman–Crippen LogP) is 2.84. The maximum absolute atomic E-state index is 12.2. The van der Waals surface area contributed by atoms with Crippen molar-refractivity contribution in [2.45, 2.75) is 13.8 Å². The molecule has 0 aliphatic rings. The van der Waals surface area contributed by atoms with Gasteiger partial charge in [0.15, 0.2) is 5.78 Å². The highest BCUT2D eigenvalue weighted by molar-refractivity contribution is 6.08. The summed E-state index contributed by atoms with van der Waals surface area (Å²) in [6.45, 7) is 3.63. The lowest BCUT2D eigenvalue weighted by Crippen LogP contribution is -1.99. The van der Waals surface area contributed by atoms with E-state index in [1.165, 1.54) is 18.2 Å². The van der Waals surface area contributed by atoms with Crippen molar-refractivity contribution in [3.63, 3.8) is 0 Å². The molecule has 0 atom stereocenters. The van der Waals surface area contributed by atoms with Crippen LogP contribution in [0.25, 0.3) is 6.08 Å². The van der Waals surface area contributed by atoms with E-state index in [-0.39, 0.29) is 11.5 Å². The molecule has 0 unspecified atom stereocenters. The van der Waals surface area contributed by atoms with E-state index in [2.05, 4.69) is 5.10 Å². The fraction of sp³-hybridized carbons (Fsp3) is 0.200. The number of nitrogens with zero attached hydrogens (tertiary/aromatic N) is 3. The number of nitro groups is 1. The summed E-state index contributed by atoms with van der Waals surface area (Å²) in [6.07, 6.45) is 3.09. The number of nitro benzene ring substituents is 1. The predicted molar refractivity (Wildman–Crippen MR) is 79.1 cm³/mol. The lowest BCUT2D eigenvalue weighted by Gasteiger charge is -1.97. The zero-order chi connectivity index (χ0) is 15.6. The first-order valence-electron chi connectivity index (χ1n) is 6.37. The van der Waals surface area contributed by atoms with Gasteiger partial charge in [0.1, 0.15) is 0 Å². The summed E-state index contributed by atoms with van der Waals surface area (Å²) in [5.74, 6) is -0.128. The summed E-state index contributed by atoms with van der Waals surface area (Å²) in [7, 11) is 1.79. The van der Waals surface area contributed by atoms with Crippen LogP contribution in [0.5, 0.6) is 0 Å². The third-order valence-electron chi connectivity index (χ3n) is 3.29. The second-order valence-electron chi connectivity index (χ2n) is 4.72. The molecule has 0 aliphatic carbocycles. The molecule has 0 saturated heterocycles. The first-order chi connectivity index (χ1) is 9.90. The number of hydrogen-bond donors (Lipinski definition) is 0. The molecule has 0 saturated carbocycles. The number of aryl methyl sites for hydroxylation is 2. The summed E-state index contributed by atoms with van der Waals surface area (Å²) in [4.78, 5) is 22.3. The Bertz CT molecular complexity index is 727. The van der Waals surface area contributed by atoms with Gasteiger partial charge in [-0.05, 0) is 37.6 Å². The molecule has 1 aromatic carbocycles. The molecule has 0 spiro atoms. The third kappa shape index (κ3) is 3.05. The van der Waals surface area contributed by atoms with Crippen molar-refractivity contribution in [2.75, 3.05) is 0 Å². The third-order valence-corrected chi connectivity index (χ3v) is 3.29. The summed E-state index contributed by atoms with van der Waals surface area (Å²) in [5.41, 5.74) is 2.85. The van der Waals surface area contributed by atoms with Gasteiger partial charge in [0, 0.05) is 24.9 Å². The van der Waals surface area contributed by atoms with Gasteiger partial charge >= 0.3 is 0 Å². The van der Waals surface area contributed by atoms with E-state index in [0.717, 1.165) is 11.3 Å². The van der Waals surface area contributed by atoms with Crippen molar-refractivity contribution >= 4 is 17.5 Å². The minimum Gasteiger partial charge on any atom is -0.289 e. The van der Waals surface area contributed by atoms with E-state index in [1.54, 1.807) is 36.9 Å². The molecule has 108 valence electrons. The standard InChI is InChI=1S/C15H15N3O3/c1-10-15(11(2)17(3)16-10)14(19)9-6-12-4-7-13(8-5-12)18(20)21/h4-9H,1-3H3/b9-6-. The summed E-state index contributed by atoms with van der Waals surface area (Å²) in [5, 5.41) is 14.8. The molecule has 21 heavy (non-hydrogen) atoms. The Balaban J connectivity index is 2.20. The lowest BCUT2D eigenvalue weighted by atomic mass is 10.1. The van der Waals surface area contributed by atoms with Gasteiger partial charge in [-0.15, -0.1) is 0 Å². The number of ketones is 1. The van der Waals surface area contributed by atoms with Crippen LogP contribution in [0.2, 0.25) is 0 Å². The summed E-state index contributed by atoms with van der Waals surface area (Å²) >= 11 is 0. The Morgan fingerprint density at radius 3 is 2.38 bits per heavy atom. The number of carbonyl (C=O) groups excluding carboxylic acids is 1. The fourth-order valence-electron chi connectivity index (χ4n) is 2.09. The Morgan fingerprint density at radius 1 is 1.29 bits per heavy atom. The van der Waals surface area contributed by atoms with E-state index in [4.69, 9.17) is 0 Å². The average Bonchev–Trinajstić information content (AvgIpc) is 2.70. The highest BCUT2D eigenvalue weighted by Gasteiger charge is 2.14. The molecular formula is C15H15N3O3. The summed E-state index contributed by atoms with van der Waals surface area (Å²) < 4.78 is 1.67. The first kappa shape index (κ1) is 14.6. The van der Waals surface area contributed by atoms with Crippen LogP contribution in [0, 0.1) is 24.0 Å². The maximum atomic E-state index is 12.2. The molecule has 6 heteroatoms. The largest absolute Gasteiger partial charge is 0.289 e. The van der Waals surface area contributed by atoms with Crippen molar-refractivity contribution in [3.8, 4) is 0 Å². The number of non-ortho nitro benzene ring substituents is 1. The highest BCUT2D eigenvalue weighted by Crippen LogP contribution is 2.16. The summed E-state index contributed by atoms with van der Waals surface area (Å²) in [6, 6.07) is 6.02. The molecule has 0 fully saturated rings. The van der Waals surface area contributed by atoms with Gasteiger partial charge in [0.2, 0.25) is 0 Å². The Labute approximate surface area is 121 Å². The van der Waals surface area contributed by atoms with Crippen LogP contribution in [0.1, 0.15) is 27.3 Å². The van der Waals surface area contributed by atoms with Gasteiger partial charge in [0.25, 0.3) is 5.69 Å². The van der Waals surface area contributed by atoms with Crippen molar-refractivity contribution < 1.29 is 9.72 Å². The number of aromatic nitrogens is 2. The topological polar surface area (TPSA) is 78.0 Å². The van der Waals surface area contributed by atoms with Gasteiger partial charge in [-0.1, -0.05) is 6.08 Å². The average molecular weight is 285 g/mol. The second kappa shape index (κ2) is 5.70. The van der Waals surface area contributed by atoms with Crippen LogP contribution >= 0.6 is 0 Å². The van der Waals surface area contributed by atoms with E-state index < -0.39 is 4.92 Å². The van der Waals surface area contributed by atoms with Crippen LogP contribution in [-0.2, 0) is 7.05 Å². The quantitative estimate of drug-likeness (QED) is 0.374. The molecule has 0 radical (unpaired) electrons. The molecule has 0 aliphatic heterocycles. The second-order valence-corrected chi connectivity index (χ2v) is 4.72. The molecule has 0 N–H and O–H groups in total. The SMILES string of the molecule is Cc1nn(C)c(C)c1C(=O)/C=C\c1ccc([N+](=O)[O-])cc1. The van der Waals surface area contributed by atoms with E-state index >= 15 is 0 Å². The van der Waals surface area contributed by atoms with Gasteiger partial charge < -0.3 is 0 Å². The normalized spacial score (nSPS) is 11.0. The van der Waals surface area contributed by atoms with Gasteiger partial charge in [0.05, 0.1) is 16.2 Å². The Morgan fingerprint density at radius 2 is 1.90 bits per heavy atom. The van der Waals surface area contributed by atoms with Crippen molar-refractivity contribution in [3.05, 3.63) is 63.0 Å². The van der Waals surface area contributed by atoms with Crippen molar-refractivity contribution in [2.24, 2.45) is 7.05 Å². The van der Waals surface area contributed by atoms with Crippen molar-refractivity contribution in [1.29, 1.82) is 0 Å². The lowest BCUT2D eigenvalue weighted by molar-refractivity contribution is -0.384. The van der Waals surface area contributed by atoms with Gasteiger partial charge in [-0.25, -0.2) is 0 Å². The van der Waals surface area contributed by atoms with E-state index in [1.807, 2.05) is 6.92 Å². The van der Waals surface area contributed by atoms with Gasteiger partial charge in [-0.3, -0.25) is 19.6 Å². The van der Waals surface area contributed by atoms with Crippen LogP contribution in [0.4, 0.5) is 5.69 Å². The molecule has 2 aromatic rings. The van der Waals surface area contributed by atoms with Crippen LogP contribution < -0.4 is 0 Å². The van der Waals surface area contributed by atoms with E-state index in [9.17, 15) is 14.9 Å². The molecule has 0 amide bonds. The number of hydrogen-bond acceptors (Lipinski definition) is 4. The van der Waals surface area contributed by atoms with Gasteiger partial charge in [-0.2, -0.15) is 5.10 Å². The Hall–Kier alpha value is -2.76. The molecule has 1 aromatic heterocycles. The molecule has 0 bridgehead atoms. The van der Waals surface area contributed by atoms with Crippen LogP contribution in [0.3, 0.4) is 0 Å². The molecule has 2 rings (SSSR count). The fourth-order valence-corrected chi connectivity index (χ4v) is 2.09. The van der Waals surface area contributed by atoms with Crippen molar-refractivity contribution in [1.82, 2.24) is 9.78 Å². The zero-order valence-electron chi connectivity index (χ0n) is 12.0. The first-order valence-corrected chi connectivity index (χ1v) is 6.37. The number of carbonyl (C=O) groups is 1. The Kier molecular flexibility index (Phi) is 3.98. The maximum Gasteiger partial charge on any atom is 0.269 e. The van der Waals surface area contributed by atoms with Crippen LogP contribution in [-0.4, -0.2) is 20.5 Å². The number of rotatable bonds is 4. The zero-order valence-corrected chi connectivity index (χ0v) is 12.0. The monoisotopic (exact) mass is 285 g/mol. The minimum absolute atomic E-state index is 0.0254. The van der Waals surface area contributed by atoms with Crippen LogP contribution in [0.15, 0.2) is 30.3 Å². The molecular weight excluding hydrogens is 270 g/mol. The van der Waals surface area contributed by atoms with E-state index in [0.29, 0.717) is 11.3 Å². The molecule has 1 heterocycles. The minimum atomic E-state index is -0.457. The number of benzene rings is 1. The highest BCUT2D eigenvalue weighted by atomic mass is 16.6. The smallest absolute Gasteiger partial charge is 0.269 e. The number of allylic oxidation sites excluding steroid dienone is 1.